The summed E-state index contributed by atoms with van der Waals surface area (Å²) in [5, 5.41) is 11.2. The number of anilines is 1. The van der Waals surface area contributed by atoms with Gasteiger partial charge in [-0.15, -0.1) is 11.3 Å². The second-order valence-electron chi connectivity index (χ2n) is 9.65. The summed E-state index contributed by atoms with van der Waals surface area (Å²) >= 11 is 1.57. The molecule has 184 valence electrons. The highest BCUT2D eigenvalue weighted by Gasteiger charge is 2.44. The summed E-state index contributed by atoms with van der Waals surface area (Å²) in [6.07, 6.45) is 1.65. The van der Waals surface area contributed by atoms with Gasteiger partial charge in [0.05, 0.1) is 23.0 Å². The molecule has 0 saturated heterocycles. The Balaban J connectivity index is 1.95. The quantitative estimate of drug-likeness (QED) is 0.340. The minimum absolute atomic E-state index is 0.0248. The largest absolute Gasteiger partial charge is 0.463 e. The number of nitro groups is 1. The molecule has 0 amide bonds. The number of ketones is 1. The number of non-ortho nitro benzene ring substituents is 1. The van der Waals surface area contributed by atoms with Crippen LogP contribution in [0.15, 0.2) is 59.1 Å². The van der Waals surface area contributed by atoms with Crippen LogP contribution in [0.1, 0.15) is 62.6 Å². The Kier molecular flexibility index (Phi) is 6.55. The van der Waals surface area contributed by atoms with Crippen molar-refractivity contribution in [2.24, 2.45) is 5.73 Å². The molecule has 9 heteroatoms. The third-order valence-electron chi connectivity index (χ3n) is 6.26. The number of nitro benzene ring substituents is 1. The molecule has 2 aliphatic rings. The molecule has 1 aliphatic carbocycles. The molecule has 1 atom stereocenters. The lowest BCUT2D eigenvalue weighted by Gasteiger charge is -2.40. The maximum absolute atomic E-state index is 13.4. The number of allylic oxidation sites excluding steroid dienone is 2. The SMILES string of the molecule is CCOC(=O)C1=C(N)N(c2ccc([N+](=O)[O-])cc2)C2=C(C(=O)CCC2)[C@@H]1c1ccc(C(C)(C)C)s1. The summed E-state index contributed by atoms with van der Waals surface area (Å²) in [5.74, 6) is -1.03. The number of nitrogens with zero attached hydrogens (tertiary/aromatic N) is 2. The lowest BCUT2D eigenvalue weighted by Crippen LogP contribution is -2.40. The first-order chi connectivity index (χ1) is 16.5. The summed E-state index contributed by atoms with van der Waals surface area (Å²) in [5.41, 5.74) is 8.60. The van der Waals surface area contributed by atoms with E-state index in [-0.39, 0.29) is 34.9 Å². The van der Waals surface area contributed by atoms with E-state index in [4.69, 9.17) is 10.5 Å². The number of ether oxygens (including phenoxy) is 1. The number of rotatable bonds is 5. The number of Topliss-reactive ketones (excluding diaryl/α,β-unsaturated/α-hetero) is 1. The Morgan fingerprint density at radius 3 is 2.46 bits per heavy atom. The van der Waals surface area contributed by atoms with Crippen LogP contribution in [0.5, 0.6) is 0 Å². The van der Waals surface area contributed by atoms with Crippen LogP contribution in [-0.4, -0.2) is 23.3 Å². The van der Waals surface area contributed by atoms with E-state index >= 15 is 0 Å². The molecular weight excluding hydrogens is 466 g/mol. The van der Waals surface area contributed by atoms with Crippen LogP contribution in [0, 0.1) is 10.1 Å². The summed E-state index contributed by atoms with van der Waals surface area (Å²) in [6.45, 7) is 8.24. The minimum Gasteiger partial charge on any atom is -0.463 e. The van der Waals surface area contributed by atoms with Gasteiger partial charge in [0, 0.05) is 45.3 Å². The topological polar surface area (TPSA) is 116 Å². The third kappa shape index (κ3) is 4.48. The van der Waals surface area contributed by atoms with E-state index in [1.807, 2.05) is 12.1 Å². The number of carbonyl (C=O) groups excluding carboxylic acids is 2. The van der Waals surface area contributed by atoms with Gasteiger partial charge >= 0.3 is 5.97 Å². The van der Waals surface area contributed by atoms with Crippen LogP contribution in [0.4, 0.5) is 11.4 Å². The Morgan fingerprint density at radius 1 is 1.20 bits per heavy atom. The van der Waals surface area contributed by atoms with E-state index in [2.05, 4.69) is 20.8 Å². The number of carbonyl (C=O) groups is 2. The fourth-order valence-electron chi connectivity index (χ4n) is 4.61. The van der Waals surface area contributed by atoms with Crippen molar-refractivity contribution >= 4 is 34.5 Å². The molecule has 1 aromatic carbocycles. The van der Waals surface area contributed by atoms with Crippen molar-refractivity contribution in [3.05, 3.63) is 78.9 Å². The maximum Gasteiger partial charge on any atom is 0.338 e. The normalized spacial score (nSPS) is 18.6. The van der Waals surface area contributed by atoms with Gasteiger partial charge in [-0.3, -0.25) is 19.8 Å². The van der Waals surface area contributed by atoms with Crippen molar-refractivity contribution in [1.29, 1.82) is 0 Å². The molecule has 1 aromatic heterocycles. The van der Waals surface area contributed by atoms with Crippen molar-refractivity contribution < 1.29 is 19.2 Å². The standard InChI is InChI=1S/C26H29N3O5S/c1-5-34-25(31)23-22(19-13-14-20(35-19)26(2,3)4)21-17(7-6-8-18(21)30)28(24(23)27)15-9-11-16(12-10-15)29(32)33/h9-14,22H,5-8,27H2,1-4H3/t22-/m0/s1. The minimum atomic E-state index is -0.618. The molecule has 0 saturated carbocycles. The zero-order valence-electron chi connectivity index (χ0n) is 20.3. The number of nitrogens with two attached hydrogens (primary N) is 1. The Labute approximate surface area is 208 Å². The van der Waals surface area contributed by atoms with E-state index in [9.17, 15) is 19.7 Å². The number of thiophene rings is 1. The highest BCUT2D eigenvalue weighted by molar-refractivity contribution is 7.12. The monoisotopic (exact) mass is 495 g/mol. The van der Waals surface area contributed by atoms with Gasteiger partial charge < -0.3 is 10.5 Å². The smallest absolute Gasteiger partial charge is 0.338 e. The number of hydrogen-bond donors (Lipinski definition) is 1. The molecular formula is C26H29N3O5S. The highest BCUT2D eigenvalue weighted by Crippen LogP contribution is 2.49. The summed E-state index contributed by atoms with van der Waals surface area (Å²) in [6, 6.07) is 9.95. The average molecular weight is 496 g/mol. The van der Waals surface area contributed by atoms with E-state index in [1.165, 1.54) is 12.1 Å². The average Bonchev–Trinajstić information content (AvgIpc) is 3.29. The molecule has 2 heterocycles. The van der Waals surface area contributed by atoms with Crippen LogP contribution in [-0.2, 0) is 19.7 Å². The number of hydrogen-bond acceptors (Lipinski definition) is 8. The highest BCUT2D eigenvalue weighted by atomic mass is 32.1. The van der Waals surface area contributed by atoms with Crippen LogP contribution >= 0.6 is 11.3 Å². The van der Waals surface area contributed by atoms with Crippen LogP contribution < -0.4 is 10.6 Å². The van der Waals surface area contributed by atoms with Crippen molar-refractivity contribution in [2.75, 3.05) is 11.5 Å². The summed E-state index contributed by atoms with van der Waals surface area (Å²) in [7, 11) is 0. The molecule has 4 rings (SSSR count). The van der Waals surface area contributed by atoms with Gasteiger partial charge in [-0.2, -0.15) is 0 Å². The molecule has 2 N–H and O–H groups in total. The first-order valence-corrected chi connectivity index (χ1v) is 12.4. The van der Waals surface area contributed by atoms with Gasteiger partial charge in [0.1, 0.15) is 5.82 Å². The molecule has 1 aliphatic heterocycles. The number of benzene rings is 1. The van der Waals surface area contributed by atoms with Crippen LogP contribution in [0.25, 0.3) is 0 Å². The summed E-state index contributed by atoms with van der Waals surface area (Å²) < 4.78 is 5.41. The summed E-state index contributed by atoms with van der Waals surface area (Å²) in [4.78, 5) is 41.1. The van der Waals surface area contributed by atoms with Gasteiger partial charge in [-0.1, -0.05) is 20.8 Å². The molecule has 0 fully saturated rings. The third-order valence-corrected chi connectivity index (χ3v) is 7.83. The molecule has 0 unspecified atom stereocenters. The Bertz CT molecular complexity index is 1250. The fourth-order valence-corrected chi connectivity index (χ4v) is 5.80. The second-order valence-corrected chi connectivity index (χ2v) is 10.8. The predicted molar refractivity (Wildman–Crippen MR) is 135 cm³/mol. The van der Waals surface area contributed by atoms with E-state index in [0.29, 0.717) is 30.5 Å². The molecule has 0 spiro atoms. The molecule has 2 aromatic rings. The zero-order valence-corrected chi connectivity index (χ0v) is 21.1. The lowest BCUT2D eigenvalue weighted by molar-refractivity contribution is -0.384. The van der Waals surface area contributed by atoms with Crippen LogP contribution in [0.2, 0.25) is 0 Å². The van der Waals surface area contributed by atoms with E-state index in [1.54, 1.807) is 35.3 Å². The Hall–Kier alpha value is -3.46. The van der Waals surface area contributed by atoms with Gasteiger partial charge in [-0.25, -0.2) is 4.79 Å². The van der Waals surface area contributed by atoms with Crippen molar-refractivity contribution in [2.45, 2.75) is 58.3 Å². The first-order valence-electron chi connectivity index (χ1n) is 11.6. The predicted octanol–water partition coefficient (Wildman–Crippen LogP) is 5.30. The van der Waals surface area contributed by atoms with E-state index in [0.717, 1.165) is 15.5 Å². The number of esters is 1. The Morgan fingerprint density at radius 2 is 1.89 bits per heavy atom. The van der Waals surface area contributed by atoms with Crippen LogP contribution in [0.3, 0.4) is 0 Å². The first kappa shape index (κ1) is 24.7. The van der Waals surface area contributed by atoms with Crippen molar-refractivity contribution in [1.82, 2.24) is 0 Å². The molecule has 8 nitrogen and oxygen atoms in total. The maximum atomic E-state index is 13.4. The zero-order chi connectivity index (χ0) is 25.5. The van der Waals surface area contributed by atoms with Gasteiger partial charge in [0.15, 0.2) is 5.78 Å². The lowest BCUT2D eigenvalue weighted by atomic mass is 9.77. The second kappa shape index (κ2) is 9.30. The molecule has 35 heavy (non-hydrogen) atoms. The van der Waals surface area contributed by atoms with Gasteiger partial charge in [-0.05, 0) is 49.4 Å². The van der Waals surface area contributed by atoms with Crippen molar-refractivity contribution in [3.8, 4) is 0 Å². The van der Waals surface area contributed by atoms with Crippen molar-refractivity contribution in [3.63, 3.8) is 0 Å². The molecule has 0 bridgehead atoms. The molecule has 0 radical (unpaired) electrons. The fraction of sp³-hybridized carbons (Fsp3) is 0.385. The van der Waals surface area contributed by atoms with E-state index < -0.39 is 16.8 Å². The van der Waals surface area contributed by atoms with Gasteiger partial charge in [0.25, 0.3) is 5.69 Å². The van der Waals surface area contributed by atoms with Gasteiger partial charge in [0.2, 0.25) is 0 Å².